The molecule has 0 atom stereocenters. The zero-order chi connectivity index (χ0) is 20.2. The van der Waals surface area contributed by atoms with Gasteiger partial charge in [0.2, 0.25) is 0 Å². The van der Waals surface area contributed by atoms with Crippen molar-refractivity contribution in [2.75, 3.05) is 13.2 Å². The van der Waals surface area contributed by atoms with Crippen LogP contribution in [0.1, 0.15) is 16.8 Å². The summed E-state index contributed by atoms with van der Waals surface area (Å²) in [6.45, 7) is 6.61. The lowest BCUT2D eigenvalue weighted by Crippen LogP contribution is -2.29. The first-order chi connectivity index (χ1) is 12.8. The van der Waals surface area contributed by atoms with Crippen LogP contribution in [-0.2, 0) is 9.53 Å². The standard InChI is InChI=1S/C19H19ClF2N2O3/c1-13(8-9-23-19(26)15-5-3-6-16(22)11-15)24-18(25)12-27-10-4-7-17(20)14(2)21/h3-7,10-11H,1-2,8-9,12H2,(H,23,26)(H,24,25)/b10-4+,17-7+. The molecule has 0 spiro atoms. The van der Waals surface area contributed by atoms with E-state index in [1.54, 1.807) is 0 Å². The Morgan fingerprint density at radius 2 is 2.04 bits per heavy atom. The van der Waals surface area contributed by atoms with Gasteiger partial charge in [0.1, 0.15) is 11.6 Å². The number of halogens is 3. The fraction of sp³-hybridized carbons (Fsp3) is 0.158. The number of hydrogen-bond acceptors (Lipinski definition) is 3. The van der Waals surface area contributed by atoms with Gasteiger partial charge in [0, 0.05) is 24.2 Å². The fourth-order valence-corrected chi connectivity index (χ4v) is 1.82. The second-order valence-electron chi connectivity index (χ2n) is 5.23. The van der Waals surface area contributed by atoms with Crippen LogP contribution in [0.25, 0.3) is 0 Å². The van der Waals surface area contributed by atoms with E-state index in [1.807, 2.05) is 0 Å². The van der Waals surface area contributed by atoms with E-state index in [0.717, 1.165) is 6.07 Å². The first-order valence-electron chi connectivity index (χ1n) is 7.79. The second-order valence-corrected chi connectivity index (χ2v) is 5.63. The third kappa shape index (κ3) is 9.37. The predicted octanol–water partition coefficient (Wildman–Crippen LogP) is 3.71. The molecule has 1 rings (SSSR count). The molecule has 2 N–H and O–H groups in total. The number of benzene rings is 1. The molecule has 27 heavy (non-hydrogen) atoms. The van der Waals surface area contributed by atoms with Crippen LogP contribution in [0.4, 0.5) is 8.78 Å². The molecule has 0 aliphatic rings. The van der Waals surface area contributed by atoms with Gasteiger partial charge < -0.3 is 15.4 Å². The molecule has 0 radical (unpaired) electrons. The third-order valence-electron chi connectivity index (χ3n) is 3.01. The van der Waals surface area contributed by atoms with Crippen LogP contribution in [0.5, 0.6) is 0 Å². The van der Waals surface area contributed by atoms with E-state index in [0.29, 0.717) is 12.1 Å². The average Bonchev–Trinajstić information content (AvgIpc) is 2.60. The van der Waals surface area contributed by atoms with Gasteiger partial charge in [-0.05, 0) is 30.4 Å². The number of allylic oxidation sites excluding steroid dienone is 4. The number of carbonyl (C=O) groups is 2. The molecule has 2 amide bonds. The average molecular weight is 397 g/mol. The van der Waals surface area contributed by atoms with E-state index in [1.165, 1.54) is 36.6 Å². The molecule has 0 fully saturated rings. The van der Waals surface area contributed by atoms with Gasteiger partial charge in [-0.25, -0.2) is 8.78 Å². The molecule has 1 aromatic rings. The Kier molecular flexibility index (Phi) is 9.53. The molecule has 0 saturated heterocycles. The van der Waals surface area contributed by atoms with Crippen molar-refractivity contribution in [1.82, 2.24) is 10.6 Å². The van der Waals surface area contributed by atoms with Crippen molar-refractivity contribution >= 4 is 23.4 Å². The molecule has 0 saturated carbocycles. The fourth-order valence-electron chi connectivity index (χ4n) is 1.75. The lowest BCUT2D eigenvalue weighted by atomic mass is 10.2. The van der Waals surface area contributed by atoms with Gasteiger partial charge in [0.15, 0.2) is 6.61 Å². The maximum absolute atomic E-state index is 13.1. The summed E-state index contributed by atoms with van der Waals surface area (Å²) in [5, 5.41) is 4.92. The molecular weight excluding hydrogens is 378 g/mol. The maximum atomic E-state index is 13.1. The zero-order valence-electron chi connectivity index (χ0n) is 14.4. The molecule has 0 unspecified atom stereocenters. The van der Waals surface area contributed by atoms with Gasteiger partial charge in [-0.15, -0.1) is 0 Å². The number of ether oxygens (including phenoxy) is 1. The van der Waals surface area contributed by atoms with Crippen LogP contribution in [0.3, 0.4) is 0 Å². The van der Waals surface area contributed by atoms with Crippen molar-refractivity contribution in [1.29, 1.82) is 0 Å². The van der Waals surface area contributed by atoms with Crippen molar-refractivity contribution in [3.63, 3.8) is 0 Å². The van der Waals surface area contributed by atoms with E-state index >= 15 is 0 Å². The molecule has 5 nitrogen and oxygen atoms in total. The SMILES string of the molecule is C=C(CCNC(=O)c1cccc(F)c1)NC(=O)CO/C=C/C=C(/Cl)C(=C)F. The van der Waals surface area contributed by atoms with Crippen LogP contribution >= 0.6 is 11.6 Å². The summed E-state index contributed by atoms with van der Waals surface area (Å²) in [7, 11) is 0. The van der Waals surface area contributed by atoms with Gasteiger partial charge in [0.25, 0.3) is 11.8 Å². The zero-order valence-corrected chi connectivity index (χ0v) is 15.2. The molecular formula is C19H19ClF2N2O3. The highest BCUT2D eigenvalue weighted by Crippen LogP contribution is 2.13. The summed E-state index contributed by atoms with van der Waals surface area (Å²) < 4.78 is 30.6. The Morgan fingerprint density at radius 3 is 2.70 bits per heavy atom. The first-order valence-corrected chi connectivity index (χ1v) is 8.17. The molecule has 8 heteroatoms. The molecule has 0 heterocycles. The van der Waals surface area contributed by atoms with Gasteiger partial charge >= 0.3 is 0 Å². The lowest BCUT2D eigenvalue weighted by Gasteiger charge is -2.09. The Hall–Kier alpha value is -2.93. The van der Waals surface area contributed by atoms with E-state index in [4.69, 9.17) is 16.3 Å². The summed E-state index contributed by atoms with van der Waals surface area (Å²) in [5.41, 5.74) is 0.583. The minimum atomic E-state index is -0.778. The number of nitrogens with one attached hydrogen (secondary N) is 2. The molecule has 0 aliphatic heterocycles. The van der Waals surface area contributed by atoms with E-state index in [-0.39, 0.29) is 23.7 Å². The molecule has 0 bridgehead atoms. The molecule has 144 valence electrons. The minimum absolute atomic E-state index is 0.173. The predicted molar refractivity (Wildman–Crippen MR) is 99.9 cm³/mol. The smallest absolute Gasteiger partial charge is 0.261 e. The number of hydrogen-bond donors (Lipinski definition) is 2. The molecule has 0 aliphatic carbocycles. The second kappa shape index (κ2) is 11.6. The highest BCUT2D eigenvalue weighted by molar-refractivity contribution is 6.31. The summed E-state index contributed by atoms with van der Waals surface area (Å²) in [4.78, 5) is 23.5. The Labute approximate surface area is 161 Å². The van der Waals surface area contributed by atoms with E-state index in [9.17, 15) is 18.4 Å². The Bertz CT molecular complexity index is 776. The van der Waals surface area contributed by atoms with Gasteiger partial charge in [0.05, 0.1) is 11.3 Å². The summed E-state index contributed by atoms with van der Waals surface area (Å²) >= 11 is 5.48. The third-order valence-corrected chi connectivity index (χ3v) is 3.34. The maximum Gasteiger partial charge on any atom is 0.261 e. The van der Waals surface area contributed by atoms with Crippen LogP contribution in [0, 0.1) is 5.82 Å². The Balaban J connectivity index is 2.25. The first kappa shape index (κ1) is 22.1. The van der Waals surface area contributed by atoms with Crippen molar-refractivity contribution in [3.05, 3.63) is 83.8 Å². The molecule has 0 aromatic heterocycles. The lowest BCUT2D eigenvalue weighted by molar-refractivity contribution is -0.123. The summed E-state index contributed by atoms with van der Waals surface area (Å²) in [6.07, 6.45) is 4.01. The van der Waals surface area contributed by atoms with Crippen molar-refractivity contribution in [2.24, 2.45) is 0 Å². The highest BCUT2D eigenvalue weighted by atomic mass is 35.5. The van der Waals surface area contributed by atoms with Crippen molar-refractivity contribution in [3.8, 4) is 0 Å². The van der Waals surface area contributed by atoms with Crippen LogP contribution in [-0.4, -0.2) is 25.0 Å². The van der Waals surface area contributed by atoms with Crippen LogP contribution < -0.4 is 10.6 Å². The van der Waals surface area contributed by atoms with E-state index in [2.05, 4.69) is 23.8 Å². The number of carbonyl (C=O) groups excluding carboxylic acids is 2. The minimum Gasteiger partial charge on any atom is -0.491 e. The molecule has 1 aromatic carbocycles. The Morgan fingerprint density at radius 1 is 1.30 bits per heavy atom. The van der Waals surface area contributed by atoms with Gasteiger partial charge in [-0.1, -0.05) is 30.8 Å². The van der Waals surface area contributed by atoms with E-state index < -0.39 is 23.5 Å². The number of rotatable bonds is 10. The van der Waals surface area contributed by atoms with Gasteiger partial charge in [-0.3, -0.25) is 9.59 Å². The van der Waals surface area contributed by atoms with Crippen LogP contribution in [0.2, 0.25) is 0 Å². The highest BCUT2D eigenvalue weighted by Gasteiger charge is 2.07. The van der Waals surface area contributed by atoms with Crippen LogP contribution in [0.15, 0.2) is 72.4 Å². The van der Waals surface area contributed by atoms with Crippen molar-refractivity contribution in [2.45, 2.75) is 6.42 Å². The monoisotopic (exact) mass is 396 g/mol. The van der Waals surface area contributed by atoms with Gasteiger partial charge in [-0.2, -0.15) is 0 Å². The quantitative estimate of drug-likeness (QED) is 0.468. The normalized spacial score (nSPS) is 11.1. The summed E-state index contributed by atoms with van der Waals surface area (Å²) in [6, 6.07) is 5.30. The largest absolute Gasteiger partial charge is 0.491 e. The number of amides is 2. The topological polar surface area (TPSA) is 67.4 Å². The summed E-state index contributed by atoms with van der Waals surface area (Å²) in [5.74, 6) is -2.16. The van der Waals surface area contributed by atoms with Crippen molar-refractivity contribution < 1.29 is 23.1 Å².